The van der Waals surface area contributed by atoms with Crippen LogP contribution in [0.5, 0.6) is 5.75 Å². The van der Waals surface area contributed by atoms with E-state index in [4.69, 9.17) is 4.74 Å². The Morgan fingerprint density at radius 3 is 2.17 bits per heavy atom. The van der Waals surface area contributed by atoms with Crippen molar-refractivity contribution in [2.75, 3.05) is 6.61 Å². The molecule has 0 unspecified atom stereocenters. The van der Waals surface area contributed by atoms with Crippen LogP contribution >= 0.6 is 0 Å². The maximum atomic E-state index is 12.8. The minimum Gasteiger partial charge on any atom is -0.494 e. The fourth-order valence-electron chi connectivity index (χ4n) is 2.04. The van der Waals surface area contributed by atoms with E-state index in [1.54, 1.807) is 24.3 Å². The maximum Gasteiger partial charge on any atom is 0.461 e. The topological polar surface area (TPSA) is 26.3 Å². The summed E-state index contributed by atoms with van der Waals surface area (Å²) in [6.07, 6.45) is -2.63. The van der Waals surface area contributed by atoms with Gasteiger partial charge in [0.1, 0.15) is 5.75 Å². The number of Topliss-reactive ketones (excluding diaryl/α,β-unsaturated/α-hetero) is 1. The average Bonchev–Trinajstić information content (AvgIpc) is 2.52. The Labute approximate surface area is 138 Å². The summed E-state index contributed by atoms with van der Waals surface area (Å²) in [5, 5.41) is 0. The molecule has 7 heteroatoms. The molecule has 24 heavy (non-hydrogen) atoms. The SMILES string of the molecule is CCCCCCOc1ccc(CCC(=O)C(F)(F)C(F)(F)F)cc1. The van der Waals surface area contributed by atoms with Gasteiger partial charge in [-0.25, -0.2) is 0 Å². The number of hydrogen-bond acceptors (Lipinski definition) is 2. The number of aryl methyl sites for hydroxylation is 1. The van der Waals surface area contributed by atoms with Crippen LogP contribution in [0.3, 0.4) is 0 Å². The van der Waals surface area contributed by atoms with E-state index >= 15 is 0 Å². The van der Waals surface area contributed by atoms with Gasteiger partial charge in [0, 0.05) is 6.42 Å². The highest BCUT2D eigenvalue weighted by atomic mass is 19.4. The van der Waals surface area contributed by atoms with Gasteiger partial charge < -0.3 is 4.74 Å². The standard InChI is InChI=1S/C17H21F5O2/c1-2-3-4-5-12-24-14-9-6-13(7-10-14)8-11-15(23)16(18,19)17(20,21)22/h6-7,9-10H,2-5,8,11-12H2,1H3. The largest absolute Gasteiger partial charge is 0.494 e. The number of unbranched alkanes of at least 4 members (excludes halogenated alkanes) is 3. The molecule has 0 fully saturated rings. The number of halogens is 5. The lowest BCUT2D eigenvalue weighted by atomic mass is 10.0. The second kappa shape index (κ2) is 8.99. The van der Waals surface area contributed by atoms with Crippen LogP contribution in [0.4, 0.5) is 22.0 Å². The van der Waals surface area contributed by atoms with Gasteiger partial charge in [-0.15, -0.1) is 0 Å². The average molecular weight is 352 g/mol. The van der Waals surface area contributed by atoms with Crippen LogP contribution in [0, 0.1) is 0 Å². The zero-order valence-corrected chi connectivity index (χ0v) is 13.5. The van der Waals surface area contributed by atoms with Gasteiger partial charge in [-0.2, -0.15) is 22.0 Å². The highest BCUT2D eigenvalue weighted by Gasteiger charge is 2.62. The molecule has 0 spiro atoms. The molecule has 0 N–H and O–H groups in total. The van der Waals surface area contributed by atoms with E-state index in [0.717, 1.165) is 25.7 Å². The van der Waals surface area contributed by atoms with Crippen LogP contribution in [-0.4, -0.2) is 24.5 Å². The van der Waals surface area contributed by atoms with Crippen LogP contribution in [0.1, 0.15) is 44.6 Å². The number of ether oxygens (including phenoxy) is 1. The first kappa shape index (κ1) is 20.4. The number of alkyl halides is 5. The molecule has 2 nitrogen and oxygen atoms in total. The molecule has 1 aromatic carbocycles. The molecule has 0 bridgehead atoms. The Morgan fingerprint density at radius 2 is 1.62 bits per heavy atom. The molecule has 0 amide bonds. The van der Waals surface area contributed by atoms with Crippen LogP contribution in [0.2, 0.25) is 0 Å². The van der Waals surface area contributed by atoms with Crippen molar-refractivity contribution in [2.45, 2.75) is 57.5 Å². The molecular formula is C17H21F5O2. The summed E-state index contributed by atoms with van der Waals surface area (Å²) in [5.74, 6) is -6.82. The Kier molecular flexibility index (Phi) is 7.63. The summed E-state index contributed by atoms with van der Waals surface area (Å²) >= 11 is 0. The summed E-state index contributed by atoms with van der Waals surface area (Å²) in [6, 6.07) is 6.34. The van der Waals surface area contributed by atoms with Gasteiger partial charge in [-0.3, -0.25) is 4.79 Å². The lowest BCUT2D eigenvalue weighted by Gasteiger charge is -2.17. The number of carbonyl (C=O) groups is 1. The molecule has 0 radical (unpaired) electrons. The molecule has 0 atom stereocenters. The van der Waals surface area contributed by atoms with Crippen molar-refractivity contribution < 1.29 is 31.5 Å². The van der Waals surface area contributed by atoms with E-state index in [9.17, 15) is 26.7 Å². The Balaban J connectivity index is 2.43. The quantitative estimate of drug-likeness (QED) is 0.419. The molecule has 0 aliphatic rings. The molecule has 0 saturated heterocycles. The Bertz CT molecular complexity index is 509. The van der Waals surface area contributed by atoms with Crippen LogP contribution in [0.15, 0.2) is 24.3 Å². The lowest BCUT2D eigenvalue weighted by molar-refractivity contribution is -0.268. The zero-order valence-electron chi connectivity index (χ0n) is 13.5. The van der Waals surface area contributed by atoms with E-state index in [0.29, 0.717) is 17.9 Å². The van der Waals surface area contributed by atoms with Gasteiger partial charge >= 0.3 is 12.1 Å². The van der Waals surface area contributed by atoms with Crippen molar-refractivity contribution in [3.63, 3.8) is 0 Å². The van der Waals surface area contributed by atoms with Gasteiger partial charge in [0.05, 0.1) is 6.61 Å². The molecule has 0 aromatic heterocycles. The minimum absolute atomic E-state index is 0.179. The first-order chi connectivity index (χ1) is 11.2. The molecule has 1 aromatic rings. The third kappa shape index (κ3) is 6.09. The molecule has 0 saturated carbocycles. The van der Waals surface area contributed by atoms with Gasteiger partial charge in [0.2, 0.25) is 5.78 Å². The third-order valence-corrected chi connectivity index (χ3v) is 3.54. The molecule has 0 heterocycles. The number of rotatable bonds is 10. The molecular weight excluding hydrogens is 331 g/mol. The first-order valence-corrected chi connectivity index (χ1v) is 7.88. The maximum absolute atomic E-state index is 12.8. The predicted molar refractivity (Wildman–Crippen MR) is 80.4 cm³/mol. The predicted octanol–water partition coefficient (Wildman–Crippen LogP) is 5.35. The Hall–Kier alpha value is -1.66. The van der Waals surface area contributed by atoms with Gasteiger partial charge in [-0.1, -0.05) is 38.3 Å². The minimum atomic E-state index is -5.85. The van der Waals surface area contributed by atoms with Crippen LogP contribution in [0.25, 0.3) is 0 Å². The van der Waals surface area contributed by atoms with Crippen molar-refractivity contribution in [3.05, 3.63) is 29.8 Å². The summed E-state index contributed by atoms with van der Waals surface area (Å²) in [7, 11) is 0. The van der Waals surface area contributed by atoms with Crippen molar-refractivity contribution in [1.82, 2.24) is 0 Å². The summed E-state index contributed by atoms with van der Waals surface area (Å²) in [6.45, 7) is 2.67. The molecule has 0 aliphatic carbocycles. The fraction of sp³-hybridized carbons (Fsp3) is 0.588. The van der Waals surface area contributed by atoms with Gasteiger partial charge in [0.15, 0.2) is 0 Å². The number of carbonyl (C=O) groups excluding carboxylic acids is 1. The van der Waals surface area contributed by atoms with Crippen molar-refractivity contribution in [3.8, 4) is 5.75 Å². The number of hydrogen-bond donors (Lipinski definition) is 0. The van der Waals surface area contributed by atoms with Crippen molar-refractivity contribution in [1.29, 1.82) is 0 Å². The van der Waals surface area contributed by atoms with E-state index in [1.807, 2.05) is 0 Å². The number of benzene rings is 1. The molecule has 1 rings (SSSR count). The highest BCUT2D eigenvalue weighted by molar-refractivity contribution is 5.86. The van der Waals surface area contributed by atoms with E-state index in [1.165, 1.54) is 0 Å². The molecule has 0 aliphatic heterocycles. The smallest absolute Gasteiger partial charge is 0.461 e. The lowest BCUT2D eigenvalue weighted by Crippen LogP contribution is -2.44. The van der Waals surface area contributed by atoms with E-state index in [2.05, 4.69) is 6.92 Å². The summed E-state index contributed by atoms with van der Waals surface area (Å²) < 4.78 is 67.4. The van der Waals surface area contributed by atoms with Crippen LogP contribution in [-0.2, 0) is 11.2 Å². The summed E-state index contributed by atoms with van der Waals surface area (Å²) in [4.78, 5) is 11.1. The van der Waals surface area contributed by atoms with Gasteiger partial charge in [-0.05, 0) is 30.5 Å². The van der Waals surface area contributed by atoms with Crippen molar-refractivity contribution in [2.24, 2.45) is 0 Å². The van der Waals surface area contributed by atoms with E-state index in [-0.39, 0.29) is 6.42 Å². The number of ketones is 1. The summed E-state index contributed by atoms with van der Waals surface area (Å²) in [5.41, 5.74) is 0.500. The Morgan fingerprint density at radius 1 is 1.00 bits per heavy atom. The van der Waals surface area contributed by atoms with E-state index < -0.39 is 24.3 Å². The zero-order chi connectivity index (χ0) is 18.2. The van der Waals surface area contributed by atoms with Gasteiger partial charge in [0.25, 0.3) is 0 Å². The van der Waals surface area contributed by atoms with Crippen LogP contribution < -0.4 is 4.74 Å². The normalized spacial score (nSPS) is 12.2. The molecule has 136 valence electrons. The second-order valence-corrected chi connectivity index (χ2v) is 5.55. The second-order valence-electron chi connectivity index (χ2n) is 5.55. The fourth-order valence-corrected chi connectivity index (χ4v) is 2.04. The first-order valence-electron chi connectivity index (χ1n) is 7.88. The monoisotopic (exact) mass is 352 g/mol. The van der Waals surface area contributed by atoms with Crippen molar-refractivity contribution >= 4 is 5.78 Å². The third-order valence-electron chi connectivity index (χ3n) is 3.54. The highest BCUT2D eigenvalue weighted by Crippen LogP contribution is 2.37.